The summed E-state index contributed by atoms with van der Waals surface area (Å²) in [6, 6.07) is 6.99. The molecule has 2 amide bonds. The third kappa shape index (κ3) is 5.55. The Labute approximate surface area is 114 Å². The van der Waals surface area contributed by atoms with Crippen molar-refractivity contribution in [1.29, 1.82) is 0 Å². The Morgan fingerprint density at radius 2 is 1.95 bits per heavy atom. The van der Waals surface area contributed by atoms with Crippen LogP contribution in [0.1, 0.15) is 49.9 Å². The maximum Gasteiger partial charge on any atom is 0.251 e. The fourth-order valence-electron chi connectivity index (χ4n) is 1.76. The minimum Gasteiger partial charge on any atom is -0.352 e. The van der Waals surface area contributed by atoms with E-state index in [1.165, 1.54) is 0 Å². The molecule has 0 aliphatic carbocycles. The van der Waals surface area contributed by atoms with Crippen molar-refractivity contribution in [3.63, 3.8) is 0 Å². The van der Waals surface area contributed by atoms with Crippen LogP contribution in [0.4, 0.5) is 5.69 Å². The molecule has 0 aliphatic rings. The summed E-state index contributed by atoms with van der Waals surface area (Å²) in [5.74, 6) is -0.119. The molecule has 0 spiro atoms. The Morgan fingerprint density at radius 1 is 1.16 bits per heavy atom. The molecular formula is C15H22N2O2. The highest BCUT2D eigenvalue weighted by atomic mass is 16.2. The van der Waals surface area contributed by atoms with E-state index in [0.29, 0.717) is 24.2 Å². The monoisotopic (exact) mass is 262 g/mol. The quantitative estimate of drug-likeness (QED) is 0.742. The summed E-state index contributed by atoms with van der Waals surface area (Å²) in [4.78, 5) is 23.4. The molecule has 104 valence electrons. The molecule has 0 aliphatic heterocycles. The summed E-state index contributed by atoms with van der Waals surface area (Å²) in [6.45, 7) is 4.57. The average molecular weight is 262 g/mol. The second-order valence-corrected chi connectivity index (χ2v) is 4.45. The molecule has 19 heavy (non-hydrogen) atoms. The largest absolute Gasteiger partial charge is 0.352 e. The number of amides is 2. The summed E-state index contributed by atoms with van der Waals surface area (Å²) >= 11 is 0. The van der Waals surface area contributed by atoms with E-state index in [4.69, 9.17) is 0 Å². The van der Waals surface area contributed by atoms with Crippen LogP contribution in [-0.4, -0.2) is 18.4 Å². The van der Waals surface area contributed by atoms with Crippen molar-refractivity contribution >= 4 is 17.5 Å². The zero-order valence-electron chi connectivity index (χ0n) is 11.7. The number of carbonyl (C=O) groups excluding carboxylic acids is 2. The number of hydrogen-bond acceptors (Lipinski definition) is 2. The Hall–Kier alpha value is -1.84. The first-order valence-electron chi connectivity index (χ1n) is 6.85. The van der Waals surface area contributed by atoms with Crippen molar-refractivity contribution in [3.8, 4) is 0 Å². The van der Waals surface area contributed by atoms with Gasteiger partial charge in [-0.15, -0.1) is 0 Å². The molecule has 0 fully saturated rings. The van der Waals surface area contributed by atoms with Crippen molar-refractivity contribution in [3.05, 3.63) is 29.8 Å². The van der Waals surface area contributed by atoms with Gasteiger partial charge in [-0.1, -0.05) is 25.8 Å². The van der Waals surface area contributed by atoms with Gasteiger partial charge in [0, 0.05) is 24.2 Å². The molecule has 0 unspecified atom stereocenters. The maximum atomic E-state index is 11.7. The van der Waals surface area contributed by atoms with Gasteiger partial charge in [0.1, 0.15) is 0 Å². The summed E-state index contributed by atoms with van der Waals surface area (Å²) in [6.07, 6.45) is 3.59. The van der Waals surface area contributed by atoms with Crippen LogP contribution < -0.4 is 10.6 Å². The van der Waals surface area contributed by atoms with E-state index in [2.05, 4.69) is 17.6 Å². The minimum absolute atomic E-state index is 0.00139. The van der Waals surface area contributed by atoms with E-state index in [9.17, 15) is 9.59 Å². The standard InChI is InChI=1S/C15H22N2O2/c1-3-5-6-10-14(18)17-13-9-7-8-12(11-13)15(19)16-4-2/h7-9,11H,3-6,10H2,1-2H3,(H,16,19)(H,17,18). The smallest absolute Gasteiger partial charge is 0.251 e. The summed E-state index contributed by atoms with van der Waals surface area (Å²) < 4.78 is 0. The topological polar surface area (TPSA) is 58.2 Å². The molecule has 2 N–H and O–H groups in total. The van der Waals surface area contributed by atoms with Gasteiger partial charge in [0.05, 0.1) is 0 Å². The molecule has 1 aromatic rings. The number of rotatable bonds is 7. The fraction of sp³-hybridized carbons (Fsp3) is 0.467. The van der Waals surface area contributed by atoms with Crippen molar-refractivity contribution in [2.24, 2.45) is 0 Å². The lowest BCUT2D eigenvalue weighted by Crippen LogP contribution is -2.22. The molecule has 4 nitrogen and oxygen atoms in total. The third-order valence-electron chi connectivity index (χ3n) is 2.75. The maximum absolute atomic E-state index is 11.7. The molecule has 1 rings (SSSR count). The van der Waals surface area contributed by atoms with Crippen LogP contribution in [-0.2, 0) is 4.79 Å². The summed E-state index contributed by atoms with van der Waals surface area (Å²) in [5, 5.41) is 5.55. The van der Waals surface area contributed by atoms with Crippen LogP contribution in [0, 0.1) is 0 Å². The Balaban J connectivity index is 2.56. The SMILES string of the molecule is CCCCCC(=O)Nc1cccc(C(=O)NCC)c1. The second kappa shape index (κ2) is 8.29. The third-order valence-corrected chi connectivity index (χ3v) is 2.75. The molecular weight excluding hydrogens is 240 g/mol. The molecule has 0 saturated carbocycles. The van der Waals surface area contributed by atoms with E-state index in [-0.39, 0.29) is 11.8 Å². The predicted octanol–water partition coefficient (Wildman–Crippen LogP) is 2.96. The lowest BCUT2D eigenvalue weighted by molar-refractivity contribution is -0.116. The number of hydrogen-bond donors (Lipinski definition) is 2. The second-order valence-electron chi connectivity index (χ2n) is 4.45. The number of nitrogens with one attached hydrogen (secondary N) is 2. The Bertz CT molecular complexity index is 430. The van der Waals surface area contributed by atoms with E-state index >= 15 is 0 Å². The summed E-state index contributed by atoms with van der Waals surface area (Å²) in [7, 11) is 0. The zero-order valence-corrected chi connectivity index (χ0v) is 11.7. The number of unbranched alkanes of at least 4 members (excludes halogenated alkanes) is 2. The van der Waals surface area contributed by atoms with Crippen LogP contribution in [0.3, 0.4) is 0 Å². The number of benzene rings is 1. The molecule has 1 aromatic carbocycles. The van der Waals surface area contributed by atoms with Crippen LogP contribution in [0.5, 0.6) is 0 Å². The zero-order chi connectivity index (χ0) is 14.1. The average Bonchev–Trinajstić information content (AvgIpc) is 2.39. The van der Waals surface area contributed by atoms with Gasteiger partial charge in [-0.3, -0.25) is 9.59 Å². The van der Waals surface area contributed by atoms with Crippen molar-refractivity contribution in [2.75, 3.05) is 11.9 Å². The van der Waals surface area contributed by atoms with Crippen LogP contribution >= 0.6 is 0 Å². The van der Waals surface area contributed by atoms with Crippen LogP contribution in [0.15, 0.2) is 24.3 Å². The first-order valence-corrected chi connectivity index (χ1v) is 6.85. The van der Waals surface area contributed by atoms with Gasteiger partial charge in [0.2, 0.25) is 5.91 Å². The lowest BCUT2D eigenvalue weighted by Gasteiger charge is -2.07. The molecule has 0 radical (unpaired) electrons. The van der Waals surface area contributed by atoms with Gasteiger partial charge in [-0.25, -0.2) is 0 Å². The van der Waals surface area contributed by atoms with Gasteiger partial charge >= 0.3 is 0 Å². The van der Waals surface area contributed by atoms with Crippen molar-refractivity contribution in [2.45, 2.75) is 39.5 Å². The molecule has 0 bridgehead atoms. The molecule has 0 heterocycles. The first-order chi connectivity index (χ1) is 9.17. The Kier molecular flexibility index (Phi) is 6.64. The highest BCUT2D eigenvalue weighted by molar-refractivity contribution is 5.97. The normalized spacial score (nSPS) is 10.0. The van der Waals surface area contributed by atoms with Gasteiger partial charge < -0.3 is 10.6 Å². The molecule has 0 atom stereocenters. The van der Waals surface area contributed by atoms with Gasteiger partial charge in [0.15, 0.2) is 0 Å². The predicted molar refractivity (Wildman–Crippen MR) is 77.2 cm³/mol. The van der Waals surface area contributed by atoms with Gasteiger partial charge in [-0.2, -0.15) is 0 Å². The van der Waals surface area contributed by atoms with E-state index in [0.717, 1.165) is 19.3 Å². The van der Waals surface area contributed by atoms with Crippen LogP contribution in [0.2, 0.25) is 0 Å². The number of carbonyl (C=O) groups is 2. The highest BCUT2D eigenvalue weighted by Gasteiger charge is 2.06. The number of anilines is 1. The minimum atomic E-state index is -0.121. The van der Waals surface area contributed by atoms with Crippen molar-refractivity contribution < 1.29 is 9.59 Å². The van der Waals surface area contributed by atoms with Crippen LogP contribution in [0.25, 0.3) is 0 Å². The molecule has 0 saturated heterocycles. The van der Waals surface area contributed by atoms with E-state index < -0.39 is 0 Å². The van der Waals surface area contributed by atoms with E-state index in [1.807, 2.05) is 6.92 Å². The summed E-state index contributed by atoms with van der Waals surface area (Å²) in [5.41, 5.74) is 1.23. The molecule has 4 heteroatoms. The fourth-order valence-corrected chi connectivity index (χ4v) is 1.76. The lowest BCUT2D eigenvalue weighted by atomic mass is 10.1. The van der Waals surface area contributed by atoms with Gasteiger partial charge in [-0.05, 0) is 31.5 Å². The first kappa shape index (κ1) is 15.2. The van der Waals surface area contributed by atoms with Crippen molar-refractivity contribution in [1.82, 2.24) is 5.32 Å². The highest BCUT2D eigenvalue weighted by Crippen LogP contribution is 2.11. The molecule has 0 aromatic heterocycles. The van der Waals surface area contributed by atoms with E-state index in [1.54, 1.807) is 24.3 Å². The van der Waals surface area contributed by atoms with Gasteiger partial charge in [0.25, 0.3) is 5.91 Å². The Morgan fingerprint density at radius 3 is 2.63 bits per heavy atom.